The number of rotatable bonds is 7. The second kappa shape index (κ2) is 14.9. The lowest BCUT2D eigenvalue weighted by atomic mass is 10.1. The van der Waals surface area contributed by atoms with Gasteiger partial charge in [-0.3, -0.25) is 19.3 Å². The molecule has 130 valence electrons. The second-order valence-corrected chi connectivity index (χ2v) is 5.42. The van der Waals surface area contributed by atoms with E-state index in [1.165, 1.54) is 4.90 Å². The van der Waals surface area contributed by atoms with Gasteiger partial charge in [0.1, 0.15) is 0 Å². The Hall–Kier alpha value is -1.04. The van der Waals surface area contributed by atoms with Gasteiger partial charge in [-0.05, 0) is 18.4 Å². The lowest BCUT2D eigenvalue weighted by Gasteiger charge is -2.14. The van der Waals surface area contributed by atoms with Crippen LogP contribution in [-0.2, 0) is 14.4 Å². The van der Waals surface area contributed by atoms with Gasteiger partial charge in [0.2, 0.25) is 17.7 Å². The van der Waals surface area contributed by atoms with Gasteiger partial charge >= 0.3 is 0 Å². The van der Waals surface area contributed by atoms with Crippen LogP contribution in [0, 0.1) is 5.92 Å². The predicted molar refractivity (Wildman–Crippen MR) is 93.8 cm³/mol. The average molecular weight is 333 g/mol. The molecule has 6 heteroatoms. The van der Waals surface area contributed by atoms with Crippen LogP contribution in [0.25, 0.3) is 0 Å². The first kappa shape index (κ1) is 23.2. The number of nitrogens with one attached hydrogen (secondary N) is 1. The van der Waals surface area contributed by atoms with Gasteiger partial charge in [-0.25, -0.2) is 0 Å². The summed E-state index contributed by atoms with van der Waals surface area (Å²) in [5.74, 6) is 0.473. The lowest BCUT2D eigenvalue weighted by Crippen LogP contribution is -2.38. The minimum atomic E-state index is -0.213. The summed E-state index contributed by atoms with van der Waals surface area (Å²) in [6.45, 7) is 10.4. The van der Waals surface area contributed by atoms with Crippen LogP contribution in [0.3, 0.4) is 0 Å². The average Bonchev–Trinajstić information content (AvgIpc) is 2.78. The summed E-state index contributed by atoms with van der Waals surface area (Å²) < 4.78 is 0. The summed E-state index contributed by atoms with van der Waals surface area (Å²) >= 11 is 1.71. The molecule has 0 bridgehead atoms. The molecule has 0 aromatic rings. The molecule has 0 radical (unpaired) electrons. The van der Waals surface area contributed by atoms with Gasteiger partial charge in [-0.1, -0.05) is 34.6 Å². The molecule has 0 aliphatic carbocycles. The van der Waals surface area contributed by atoms with Crippen LogP contribution < -0.4 is 5.32 Å². The molecule has 0 aromatic heterocycles. The Labute approximate surface area is 139 Å². The SMILES string of the molecule is CC.CC.CSCCCC(=O)NCCN1C(=O)CC(C)C1=O. The fourth-order valence-electron chi connectivity index (χ4n) is 1.86. The van der Waals surface area contributed by atoms with Gasteiger partial charge in [0.25, 0.3) is 0 Å². The van der Waals surface area contributed by atoms with E-state index in [2.05, 4.69) is 5.32 Å². The molecule has 5 nitrogen and oxygen atoms in total. The molecule has 1 fully saturated rings. The molecule has 1 saturated heterocycles. The number of nitrogens with zero attached hydrogens (tertiary/aromatic N) is 1. The highest BCUT2D eigenvalue weighted by Crippen LogP contribution is 2.17. The first-order chi connectivity index (χ1) is 10.6. The van der Waals surface area contributed by atoms with Crippen molar-refractivity contribution in [1.82, 2.24) is 10.2 Å². The van der Waals surface area contributed by atoms with Gasteiger partial charge in [-0.15, -0.1) is 0 Å². The molecule has 1 aliphatic rings. The fourth-order valence-corrected chi connectivity index (χ4v) is 2.29. The van der Waals surface area contributed by atoms with E-state index in [0.29, 0.717) is 19.4 Å². The third kappa shape index (κ3) is 9.07. The van der Waals surface area contributed by atoms with Crippen LogP contribution in [-0.4, -0.2) is 47.7 Å². The fraction of sp³-hybridized carbons (Fsp3) is 0.812. The molecule has 0 saturated carbocycles. The lowest BCUT2D eigenvalue weighted by molar-refractivity contribution is -0.139. The minimum absolute atomic E-state index is 0.0174. The van der Waals surface area contributed by atoms with Crippen molar-refractivity contribution in [3.05, 3.63) is 0 Å². The Morgan fingerprint density at radius 1 is 1.27 bits per heavy atom. The smallest absolute Gasteiger partial charge is 0.232 e. The van der Waals surface area contributed by atoms with Crippen molar-refractivity contribution in [3.8, 4) is 0 Å². The van der Waals surface area contributed by atoms with E-state index >= 15 is 0 Å². The quantitative estimate of drug-likeness (QED) is 0.575. The molecular formula is C16H32N2O3S. The Bertz CT molecular complexity index is 335. The molecule has 1 atom stereocenters. The summed E-state index contributed by atoms with van der Waals surface area (Å²) in [5, 5.41) is 2.73. The number of hydrogen-bond donors (Lipinski definition) is 1. The number of amides is 3. The molecule has 1 rings (SSSR count). The minimum Gasteiger partial charge on any atom is -0.354 e. The van der Waals surface area contributed by atoms with Crippen molar-refractivity contribution in [3.63, 3.8) is 0 Å². The highest BCUT2D eigenvalue weighted by atomic mass is 32.2. The third-order valence-corrected chi connectivity index (χ3v) is 3.58. The highest BCUT2D eigenvalue weighted by molar-refractivity contribution is 7.98. The molecule has 3 amide bonds. The normalized spacial score (nSPS) is 16.5. The van der Waals surface area contributed by atoms with Crippen LogP contribution >= 0.6 is 11.8 Å². The summed E-state index contributed by atoms with van der Waals surface area (Å²) in [5.41, 5.74) is 0. The van der Waals surface area contributed by atoms with Gasteiger partial charge < -0.3 is 5.32 Å². The Morgan fingerprint density at radius 3 is 2.32 bits per heavy atom. The Kier molecular flexibility index (Phi) is 15.7. The van der Waals surface area contributed by atoms with Gasteiger partial charge in [0.15, 0.2) is 0 Å². The van der Waals surface area contributed by atoms with E-state index in [9.17, 15) is 14.4 Å². The maximum atomic E-state index is 11.6. The summed E-state index contributed by atoms with van der Waals surface area (Å²) in [6.07, 6.45) is 3.65. The monoisotopic (exact) mass is 332 g/mol. The van der Waals surface area contributed by atoms with E-state index in [4.69, 9.17) is 0 Å². The standard InChI is InChI=1S/C12H20N2O3S.2C2H6/c1-9-8-11(16)14(12(9)17)6-5-13-10(15)4-3-7-18-2;2*1-2/h9H,3-8H2,1-2H3,(H,13,15);2*1-2H3. The zero-order valence-corrected chi connectivity index (χ0v) is 15.7. The number of likely N-dealkylation sites (tertiary alicyclic amines) is 1. The van der Waals surface area contributed by atoms with Gasteiger partial charge in [0, 0.05) is 31.8 Å². The van der Waals surface area contributed by atoms with Crippen LogP contribution in [0.2, 0.25) is 0 Å². The topological polar surface area (TPSA) is 66.5 Å². The van der Waals surface area contributed by atoms with Gasteiger partial charge in [-0.2, -0.15) is 11.8 Å². The van der Waals surface area contributed by atoms with Crippen molar-refractivity contribution in [2.45, 2.75) is 53.9 Å². The second-order valence-electron chi connectivity index (χ2n) is 4.44. The number of hydrogen-bond acceptors (Lipinski definition) is 4. The van der Waals surface area contributed by atoms with E-state index in [-0.39, 0.29) is 30.2 Å². The maximum Gasteiger partial charge on any atom is 0.232 e. The summed E-state index contributed by atoms with van der Waals surface area (Å²) in [6, 6.07) is 0. The largest absolute Gasteiger partial charge is 0.354 e. The zero-order valence-electron chi connectivity index (χ0n) is 14.9. The predicted octanol–water partition coefficient (Wildman–Crippen LogP) is 2.69. The third-order valence-electron chi connectivity index (χ3n) is 2.88. The first-order valence-corrected chi connectivity index (χ1v) is 9.55. The molecular weight excluding hydrogens is 300 g/mol. The summed E-state index contributed by atoms with van der Waals surface area (Å²) in [4.78, 5) is 35.7. The molecule has 1 aliphatic heterocycles. The van der Waals surface area contributed by atoms with E-state index in [1.54, 1.807) is 18.7 Å². The molecule has 22 heavy (non-hydrogen) atoms. The molecule has 1 heterocycles. The Morgan fingerprint density at radius 2 is 1.86 bits per heavy atom. The number of carbonyl (C=O) groups is 3. The van der Waals surface area contributed by atoms with Crippen molar-refractivity contribution in [1.29, 1.82) is 0 Å². The highest BCUT2D eigenvalue weighted by Gasteiger charge is 2.34. The first-order valence-electron chi connectivity index (χ1n) is 8.16. The van der Waals surface area contributed by atoms with Crippen LogP contribution in [0.5, 0.6) is 0 Å². The molecule has 1 unspecified atom stereocenters. The number of carbonyl (C=O) groups excluding carboxylic acids is 3. The molecule has 1 N–H and O–H groups in total. The van der Waals surface area contributed by atoms with E-state index in [1.807, 2.05) is 34.0 Å². The van der Waals surface area contributed by atoms with Crippen molar-refractivity contribution >= 4 is 29.5 Å². The van der Waals surface area contributed by atoms with Crippen molar-refractivity contribution in [2.24, 2.45) is 5.92 Å². The van der Waals surface area contributed by atoms with Crippen LogP contribution in [0.4, 0.5) is 0 Å². The van der Waals surface area contributed by atoms with Gasteiger partial charge in [0.05, 0.1) is 0 Å². The molecule has 0 aromatic carbocycles. The number of thioether (sulfide) groups is 1. The van der Waals surface area contributed by atoms with E-state index < -0.39 is 0 Å². The molecule has 0 spiro atoms. The van der Waals surface area contributed by atoms with E-state index in [0.717, 1.165) is 12.2 Å². The maximum absolute atomic E-state index is 11.6. The van der Waals surface area contributed by atoms with Crippen molar-refractivity contribution < 1.29 is 14.4 Å². The van der Waals surface area contributed by atoms with Crippen LogP contribution in [0.15, 0.2) is 0 Å². The Balaban J connectivity index is 0. The van der Waals surface area contributed by atoms with Crippen LogP contribution in [0.1, 0.15) is 53.9 Å². The number of imide groups is 1. The van der Waals surface area contributed by atoms with Crippen molar-refractivity contribution in [2.75, 3.05) is 25.1 Å². The summed E-state index contributed by atoms with van der Waals surface area (Å²) in [7, 11) is 0. The zero-order chi connectivity index (χ0) is 17.5.